The SMILES string of the molecule is O=C(c1ccc(CNC2CCNCC2)cc1)N(F)F. The van der Waals surface area contributed by atoms with Crippen LogP contribution in [0.25, 0.3) is 0 Å². The Hall–Kier alpha value is -1.53. The molecule has 4 nitrogen and oxygen atoms in total. The molecule has 1 aromatic rings. The Labute approximate surface area is 110 Å². The van der Waals surface area contributed by atoms with E-state index in [9.17, 15) is 13.8 Å². The lowest BCUT2D eigenvalue weighted by Crippen LogP contribution is -2.39. The van der Waals surface area contributed by atoms with Gasteiger partial charge in [-0.25, -0.2) is 0 Å². The number of carbonyl (C=O) groups is 1. The molecule has 1 aliphatic heterocycles. The Morgan fingerprint density at radius 3 is 2.47 bits per heavy atom. The van der Waals surface area contributed by atoms with Crippen molar-refractivity contribution in [1.29, 1.82) is 0 Å². The fraction of sp³-hybridized carbons (Fsp3) is 0.462. The molecule has 1 heterocycles. The first-order chi connectivity index (χ1) is 9.16. The summed E-state index contributed by atoms with van der Waals surface area (Å²) in [6.45, 7) is 2.73. The minimum absolute atomic E-state index is 0.00406. The standard InChI is InChI=1S/C13H17F2N3O/c14-18(15)13(19)11-3-1-10(2-4-11)9-17-12-5-7-16-8-6-12/h1-4,12,16-17H,5-9H2. The van der Waals surface area contributed by atoms with Crippen molar-refractivity contribution in [2.24, 2.45) is 0 Å². The number of hydrogen-bond acceptors (Lipinski definition) is 3. The number of benzene rings is 1. The number of piperidine rings is 1. The van der Waals surface area contributed by atoms with Gasteiger partial charge in [0.1, 0.15) is 0 Å². The van der Waals surface area contributed by atoms with Crippen molar-refractivity contribution < 1.29 is 13.8 Å². The summed E-state index contributed by atoms with van der Waals surface area (Å²) in [5.41, 5.74) is 0.981. The number of carbonyl (C=O) groups excluding carboxylic acids is 1. The molecule has 1 amide bonds. The average molecular weight is 269 g/mol. The van der Waals surface area contributed by atoms with Gasteiger partial charge in [-0.05, 0) is 43.6 Å². The highest BCUT2D eigenvalue weighted by Gasteiger charge is 2.15. The van der Waals surface area contributed by atoms with Crippen LogP contribution in [0.15, 0.2) is 24.3 Å². The Morgan fingerprint density at radius 1 is 1.26 bits per heavy atom. The van der Waals surface area contributed by atoms with Gasteiger partial charge in [0, 0.05) is 23.5 Å². The number of amides is 1. The van der Waals surface area contributed by atoms with Crippen LogP contribution in [0, 0.1) is 0 Å². The maximum Gasteiger partial charge on any atom is 0.314 e. The summed E-state index contributed by atoms with van der Waals surface area (Å²) in [7, 11) is 0. The molecule has 1 fully saturated rings. The maximum absolute atomic E-state index is 12.1. The number of nitrogens with one attached hydrogen (secondary N) is 2. The number of hydrogen-bond donors (Lipinski definition) is 2. The van der Waals surface area contributed by atoms with E-state index in [-0.39, 0.29) is 5.56 Å². The molecule has 0 radical (unpaired) electrons. The van der Waals surface area contributed by atoms with Gasteiger partial charge in [-0.3, -0.25) is 4.79 Å². The first-order valence-electron chi connectivity index (χ1n) is 6.36. The first-order valence-corrected chi connectivity index (χ1v) is 6.36. The van der Waals surface area contributed by atoms with Crippen molar-refractivity contribution in [3.63, 3.8) is 0 Å². The summed E-state index contributed by atoms with van der Waals surface area (Å²) in [6, 6.07) is 6.74. The molecule has 0 spiro atoms. The molecule has 1 saturated heterocycles. The van der Waals surface area contributed by atoms with E-state index in [1.165, 1.54) is 12.1 Å². The van der Waals surface area contributed by atoms with E-state index in [4.69, 9.17) is 0 Å². The second-order valence-corrected chi connectivity index (χ2v) is 4.64. The molecule has 2 rings (SSSR count). The van der Waals surface area contributed by atoms with Gasteiger partial charge in [-0.2, -0.15) is 0 Å². The predicted molar refractivity (Wildman–Crippen MR) is 67.6 cm³/mol. The van der Waals surface area contributed by atoms with Crippen molar-refractivity contribution in [3.8, 4) is 0 Å². The third kappa shape index (κ3) is 3.97. The minimum Gasteiger partial charge on any atom is -0.317 e. The molecule has 0 bridgehead atoms. The second-order valence-electron chi connectivity index (χ2n) is 4.64. The molecule has 2 N–H and O–H groups in total. The molecular formula is C13H17F2N3O. The van der Waals surface area contributed by atoms with Crippen molar-refractivity contribution in [2.75, 3.05) is 13.1 Å². The van der Waals surface area contributed by atoms with Crippen LogP contribution in [0.1, 0.15) is 28.8 Å². The van der Waals surface area contributed by atoms with Crippen molar-refractivity contribution in [3.05, 3.63) is 35.4 Å². The molecule has 0 aliphatic carbocycles. The van der Waals surface area contributed by atoms with Gasteiger partial charge in [0.05, 0.1) is 0 Å². The highest BCUT2D eigenvalue weighted by molar-refractivity contribution is 5.92. The van der Waals surface area contributed by atoms with Crippen LogP contribution in [0.3, 0.4) is 0 Å². The summed E-state index contributed by atoms with van der Waals surface area (Å²) >= 11 is 0. The van der Waals surface area contributed by atoms with Gasteiger partial charge < -0.3 is 10.6 Å². The molecular weight excluding hydrogens is 252 g/mol. The maximum atomic E-state index is 12.1. The monoisotopic (exact) mass is 269 g/mol. The van der Waals surface area contributed by atoms with E-state index >= 15 is 0 Å². The zero-order valence-electron chi connectivity index (χ0n) is 10.5. The Kier molecular flexibility index (Phi) is 4.81. The normalized spacial score (nSPS) is 16.3. The van der Waals surface area contributed by atoms with E-state index < -0.39 is 11.3 Å². The van der Waals surface area contributed by atoms with E-state index in [0.717, 1.165) is 31.5 Å². The topological polar surface area (TPSA) is 44.4 Å². The molecule has 0 unspecified atom stereocenters. The fourth-order valence-corrected chi connectivity index (χ4v) is 2.15. The lowest BCUT2D eigenvalue weighted by atomic mass is 10.1. The summed E-state index contributed by atoms with van der Waals surface area (Å²) in [5.74, 6) is -1.28. The molecule has 0 atom stereocenters. The Bertz CT molecular complexity index is 416. The van der Waals surface area contributed by atoms with Gasteiger partial charge in [-0.15, -0.1) is 0 Å². The Balaban J connectivity index is 1.86. The fourth-order valence-electron chi connectivity index (χ4n) is 2.15. The molecule has 104 valence electrons. The predicted octanol–water partition coefficient (Wildman–Crippen LogP) is 1.74. The lowest BCUT2D eigenvalue weighted by molar-refractivity contribution is -0.108. The quantitative estimate of drug-likeness (QED) is 0.818. The van der Waals surface area contributed by atoms with Crippen LogP contribution in [0.4, 0.5) is 8.96 Å². The van der Waals surface area contributed by atoms with Crippen molar-refractivity contribution >= 4 is 5.91 Å². The highest BCUT2D eigenvalue weighted by atomic mass is 19.4. The molecule has 19 heavy (non-hydrogen) atoms. The second kappa shape index (κ2) is 6.58. The lowest BCUT2D eigenvalue weighted by Gasteiger charge is -2.23. The number of halogens is 2. The van der Waals surface area contributed by atoms with Crippen LogP contribution in [0.5, 0.6) is 0 Å². The highest BCUT2D eigenvalue weighted by Crippen LogP contribution is 2.10. The smallest absolute Gasteiger partial charge is 0.314 e. The van der Waals surface area contributed by atoms with Crippen LogP contribution in [-0.4, -0.2) is 30.4 Å². The summed E-state index contributed by atoms with van der Waals surface area (Å²) in [4.78, 5) is 11.0. The van der Waals surface area contributed by atoms with E-state index in [1.807, 2.05) is 0 Å². The van der Waals surface area contributed by atoms with E-state index in [1.54, 1.807) is 12.1 Å². The molecule has 6 heteroatoms. The van der Waals surface area contributed by atoms with Crippen LogP contribution in [-0.2, 0) is 6.54 Å². The molecule has 0 aromatic heterocycles. The van der Waals surface area contributed by atoms with Crippen LogP contribution in [0.2, 0.25) is 0 Å². The number of nitrogens with zero attached hydrogens (tertiary/aromatic N) is 1. The summed E-state index contributed by atoms with van der Waals surface area (Å²) in [6.07, 6.45) is 2.18. The first kappa shape index (κ1) is 13.9. The van der Waals surface area contributed by atoms with Gasteiger partial charge >= 0.3 is 5.91 Å². The molecule has 1 aromatic carbocycles. The Morgan fingerprint density at radius 2 is 1.89 bits per heavy atom. The van der Waals surface area contributed by atoms with Gasteiger partial charge in [0.2, 0.25) is 0 Å². The van der Waals surface area contributed by atoms with Crippen molar-refractivity contribution in [2.45, 2.75) is 25.4 Å². The summed E-state index contributed by atoms with van der Waals surface area (Å²) in [5, 5.41) is 5.32. The molecule has 0 saturated carbocycles. The average Bonchev–Trinajstić information content (AvgIpc) is 2.46. The van der Waals surface area contributed by atoms with E-state index in [2.05, 4.69) is 10.6 Å². The number of rotatable bonds is 4. The zero-order valence-corrected chi connectivity index (χ0v) is 10.5. The summed E-state index contributed by atoms with van der Waals surface area (Å²) < 4.78 is 24.1. The molecule has 1 aliphatic rings. The van der Waals surface area contributed by atoms with Gasteiger partial charge in [0.15, 0.2) is 0 Å². The van der Waals surface area contributed by atoms with Crippen LogP contribution < -0.4 is 10.6 Å². The largest absolute Gasteiger partial charge is 0.317 e. The van der Waals surface area contributed by atoms with Crippen molar-refractivity contribution in [1.82, 2.24) is 16.0 Å². The van der Waals surface area contributed by atoms with Gasteiger partial charge in [0.25, 0.3) is 0 Å². The van der Waals surface area contributed by atoms with Crippen LogP contribution >= 0.6 is 0 Å². The third-order valence-corrected chi connectivity index (χ3v) is 3.29. The third-order valence-electron chi connectivity index (χ3n) is 3.29. The minimum atomic E-state index is -1.40. The van der Waals surface area contributed by atoms with Gasteiger partial charge in [-0.1, -0.05) is 21.1 Å². The zero-order chi connectivity index (χ0) is 13.7. The van der Waals surface area contributed by atoms with E-state index in [0.29, 0.717) is 12.6 Å².